The lowest BCUT2D eigenvalue weighted by Gasteiger charge is -2.23. The van der Waals surface area contributed by atoms with E-state index in [1.807, 2.05) is 37.5 Å². The summed E-state index contributed by atoms with van der Waals surface area (Å²) < 4.78 is 1.70. The molecule has 2 amide bonds. The maximum atomic E-state index is 12.8. The van der Waals surface area contributed by atoms with Crippen LogP contribution in [0.4, 0.5) is 5.69 Å². The van der Waals surface area contributed by atoms with Gasteiger partial charge in [-0.25, -0.2) is 4.98 Å². The highest BCUT2D eigenvalue weighted by Gasteiger charge is 2.29. The molecular formula is C20H22N6O2S. The van der Waals surface area contributed by atoms with Crippen LogP contribution in [0.1, 0.15) is 28.1 Å². The molecule has 1 unspecified atom stereocenters. The number of nitrogens with two attached hydrogens (primary N) is 1. The fraction of sp³-hybridized carbons (Fsp3) is 0.300. The van der Waals surface area contributed by atoms with Crippen molar-refractivity contribution in [1.82, 2.24) is 19.7 Å². The average molecular weight is 411 g/mol. The van der Waals surface area contributed by atoms with Crippen molar-refractivity contribution in [3.8, 4) is 10.6 Å². The van der Waals surface area contributed by atoms with Crippen LogP contribution in [0.25, 0.3) is 10.6 Å². The molecule has 1 saturated heterocycles. The quantitative estimate of drug-likeness (QED) is 0.648. The van der Waals surface area contributed by atoms with Gasteiger partial charge in [-0.15, -0.1) is 11.3 Å². The normalized spacial score (nSPS) is 16.8. The zero-order valence-electron chi connectivity index (χ0n) is 16.0. The number of hydrogen-bond donors (Lipinski definition) is 2. The van der Waals surface area contributed by atoms with Crippen LogP contribution in [-0.2, 0) is 18.4 Å². The highest BCUT2D eigenvalue weighted by molar-refractivity contribution is 7.17. The molecule has 0 bridgehead atoms. The highest BCUT2D eigenvalue weighted by atomic mass is 32.1. The number of rotatable bonds is 6. The Morgan fingerprint density at radius 2 is 2.14 bits per heavy atom. The van der Waals surface area contributed by atoms with Gasteiger partial charge in [0, 0.05) is 31.0 Å². The van der Waals surface area contributed by atoms with Gasteiger partial charge in [0.2, 0.25) is 5.91 Å². The van der Waals surface area contributed by atoms with Gasteiger partial charge in [0.1, 0.15) is 9.88 Å². The van der Waals surface area contributed by atoms with Gasteiger partial charge in [-0.05, 0) is 31.0 Å². The summed E-state index contributed by atoms with van der Waals surface area (Å²) in [6.07, 6.45) is 6.89. The lowest BCUT2D eigenvalue weighted by molar-refractivity contribution is -0.122. The summed E-state index contributed by atoms with van der Waals surface area (Å²) in [5, 5.41) is 7.87. The van der Waals surface area contributed by atoms with Gasteiger partial charge in [-0.1, -0.05) is 18.2 Å². The Morgan fingerprint density at radius 3 is 2.90 bits per heavy atom. The summed E-state index contributed by atoms with van der Waals surface area (Å²) >= 11 is 1.32. The van der Waals surface area contributed by atoms with E-state index in [4.69, 9.17) is 5.73 Å². The van der Waals surface area contributed by atoms with Crippen molar-refractivity contribution >= 4 is 28.8 Å². The first-order valence-electron chi connectivity index (χ1n) is 9.39. The minimum absolute atomic E-state index is 0.210. The number of anilines is 1. The number of carbonyl (C=O) groups excluding carboxylic acids is 2. The molecule has 0 radical (unpaired) electrons. The van der Waals surface area contributed by atoms with Crippen molar-refractivity contribution in [2.24, 2.45) is 12.8 Å². The Bertz CT molecular complexity index is 1040. The predicted molar refractivity (Wildman–Crippen MR) is 111 cm³/mol. The van der Waals surface area contributed by atoms with Crippen molar-refractivity contribution in [2.45, 2.75) is 25.4 Å². The molecule has 3 aromatic rings. The molecule has 2 aromatic heterocycles. The van der Waals surface area contributed by atoms with Gasteiger partial charge in [-0.2, -0.15) is 5.10 Å². The van der Waals surface area contributed by atoms with E-state index < -0.39 is 0 Å². The van der Waals surface area contributed by atoms with Crippen LogP contribution in [0.3, 0.4) is 0 Å². The first kappa shape index (κ1) is 19.3. The second kappa shape index (κ2) is 8.14. The summed E-state index contributed by atoms with van der Waals surface area (Å²) in [5.41, 5.74) is 8.08. The Balaban J connectivity index is 1.49. The molecule has 1 aliphatic heterocycles. The highest BCUT2D eigenvalue weighted by Crippen LogP contribution is 2.27. The largest absolute Gasteiger partial charge is 0.368 e. The number of amides is 2. The van der Waals surface area contributed by atoms with Gasteiger partial charge in [-0.3, -0.25) is 19.2 Å². The molecule has 1 atom stereocenters. The monoisotopic (exact) mass is 410 g/mol. The number of hydrogen-bond acceptors (Lipinski definition) is 6. The Hall–Kier alpha value is -3.04. The zero-order chi connectivity index (χ0) is 20.4. The number of para-hydroxylation sites is 1. The minimum atomic E-state index is -0.295. The lowest BCUT2D eigenvalue weighted by atomic mass is 10.1. The van der Waals surface area contributed by atoms with Gasteiger partial charge < -0.3 is 11.1 Å². The third-order valence-corrected chi connectivity index (χ3v) is 6.06. The van der Waals surface area contributed by atoms with Crippen molar-refractivity contribution in [2.75, 3.05) is 11.9 Å². The summed E-state index contributed by atoms with van der Waals surface area (Å²) in [7, 11) is 1.84. The van der Waals surface area contributed by atoms with Gasteiger partial charge >= 0.3 is 0 Å². The van der Waals surface area contributed by atoms with Gasteiger partial charge in [0.05, 0.1) is 18.4 Å². The number of primary amides is 1. The average Bonchev–Trinajstić information content (AvgIpc) is 3.43. The molecule has 8 nitrogen and oxygen atoms in total. The molecule has 3 N–H and O–H groups in total. The number of nitrogens with one attached hydrogen (secondary N) is 1. The topological polar surface area (TPSA) is 106 Å². The van der Waals surface area contributed by atoms with Crippen molar-refractivity contribution in [1.29, 1.82) is 0 Å². The number of benzene rings is 1. The van der Waals surface area contributed by atoms with E-state index >= 15 is 0 Å². The molecule has 1 fully saturated rings. The van der Waals surface area contributed by atoms with Crippen LogP contribution < -0.4 is 11.1 Å². The molecule has 0 saturated carbocycles. The summed E-state index contributed by atoms with van der Waals surface area (Å²) in [5.74, 6) is -0.505. The van der Waals surface area contributed by atoms with Crippen molar-refractivity contribution < 1.29 is 9.59 Å². The van der Waals surface area contributed by atoms with Gasteiger partial charge in [0.25, 0.3) is 5.91 Å². The second-order valence-electron chi connectivity index (χ2n) is 7.07. The van der Waals surface area contributed by atoms with Crippen LogP contribution in [0, 0.1) is 0 Å². The Kier molecular flexibility index (Phi) is 5.41. The smallest absolute Gasteiger partial charge is 0.267 e. The second-order valence-corrected chi connectivity index (χ2v) is 8.11. The van der Waals surface area contributed by atoms with E-state index in [1.165, 1.54) is 11.3 Å². The maximum absolute atomic E-state index is 12.8. The third-order valence-electron chi connectivity index (χ3n) is 5.01. The molecule has 150 valence electrons. The van der Waals surface area contributed by atoms with Crippen LogP contribution in [0.15, 0.2) is 42.9 Å². The van der Waals surface area contributed by atoms with E-state index in [0.717, 1.165) is 41.2 Å². The number of aromatic nitrogens is 3. The molecule has 1 aromatic carbocycles. The SMILES string of the molecule is Cn1cc(-c2ncc(C(=O)Nc3ccccc3CN3CCCC3C(N)=O)s2)cn1. The van der Waals surface area contributed by atoms with E-state index in [9.17, 15) is 9.59 Å². The number of likely N-dealkylation sites (tertiary alicyclic amines) is 1. The number of thiazole rings is 1. The maximum Gasteiger partial charge on any atom is 0.267 e. The molecule has 4 rings (SSSR count). The summed E-state index contributed by atoms with van der Waals surface area (Å²) in [4.78, 5) is 31.4. The summed E-state index contributed by atoms with van der Waals surface area (Å²) in [6, 6.07) is 7.38. The minimum Gasteiger partial charge on any atom is -0.368 e. The molecular weight excluding hydrogens is 388 g/mol. The van der Waals surface area contributed by atoms with E-state index in [1.54, 1.807) is 17.1 Å². The molecule has 1 aliphatic rings. The number of nitrogens with zero attached hydrogens (tertiary/aromatic N) is 4. The predicted octanol–water partition coefficient (Wildman–Crippen LogP) is 2.25. The first-order chi connectivity index (χ1) is 14.0. The van der Waals surface area contributed by atoms with E-state index in [2.05, 4.69) is 20.3 Å². The standard InChI is InChI=1S/C20H22N6O2S/c1-25-11-14(9-23-25)20-22-10-17(29-20)19(28)24-15-6-3-2-5-13(15)12-26-8-4-7-16(26)18(21)27/h2-3,5-6,9-11,16H,4,7-8,12H2,1H3,(H2,21,27)(H,24,28). The lowest BCUT2D eigenvalue weighted by Crippen LogP contribution is -2.39. The Labute approximate surface area is 172 Å². The fourth-order valence-electron chi connectivity index (χ4n) is 3.56. The molecule has 0 spiro atoms. The van der Waals surface area contributed by atoms with Crippen LogP contribution in [0.5, 0.6) is 0 Å². The van der Waals surface area contributed by atoms with E-state index in [-0.39, 0.29) is 17.9 Å². The molecule has 9 heteroatoms. The Morgan fingerprint density at radius 1 is 1.31 bits per heavy atom. The van der Waals surface area contributed by atoms with E-state index in [0.29, 0.717) is 11.4 Å². The number of aryl methyl sites for hydroxylation is 1. The van der Waals surface area contributed by atoms with Crippen LogP contribution in [-0.4, -0.2) is 44.1 Å². The molecule has 29 heavy (non-hydrogen) atoms. The van der Waals surface area contributed by atoms with Gasteiger partial charge in [0.15, 0.2) is 0 Å². The fourth-order valence-corrected chi connectivity index (χ4v) is 4.35. The molecule has 0 aliphatic carbocycles. The summed E-state index contributed by atoms with van der Waals surface area (Å²) in [6.45, 7) is 1.38. The van der Waals surface area contributed by atoms with Crippen molar-refractivity contribution in [3.05, 3.63) is 53.3 Å². The van der Waals surface area contributed by atoms with Crippen LogP contribution >= 0.6 is 11.3 Å². The first-order valence-corrected chi connectivity index (χ1v) is 10.2. The third kappa shape index (κ3) is 4.20. The van der Waals surface area contributed by atoms with Crippen molar-refractivity contribution in [3.63, 3.8) is 0 Å². The number of carbonyl (C=O) groups is 2. The zero-order valence-corrected chi connectivity index (χ0v) is 16.9. The van der Waals surface area contributed by atoms with Crippen LogP contribution in [0.2, 0.25) is 0 Å². The molecule has 3 heterocycles.